The monoisotopic (exact) mass is 475 g/mol. The first-order chi connectivity index (χ1) is 12.3. The van der Waals surface area contributed by atoms with Crippen molar-refractivity contribution in [2.24, 2.45) is 23.7 Å². The third-order valence-electron chi connectivity index (χ3n) is 9.22. The maximum Gasteiger partial charge on any atom is -1.00 e. The minimum absolute atomic E-state index is 0. The van der Waals surface area contributed by atoms with E-state index in [-0.39, 0.29) is 24.8 Å². The molecule has 4 bridgehead atoms. The first-order valence-electron chi connectivity index (χ1n) is 11.3. The van der Waals surface area contributed by atoms with Crippen molar-refractivity contribution in [2.75, 3.05) is 0 Å². The molecule has 0 amide bonds. The SMILES string of the molecule is CC[SiH](CC)[N+]([Ti])(C1=C(C)C(C)=C(C)C1C)C12CC3CC(CC(C3)C1)C2.[Cl-].[Cl-]. The molecule has 2 atom stereocenters. The molecule has 0 N–H and O–H groups in total. The van der Waals surface area contributed by atoms with Gasteiger partial charge in [-0.25, -0.2) is 0 Å². The molecule has 0 aliphatic heterocycles. The first kappa shape index (κ1) is 25.2. The van der Waals surface area contributed by atoms with Crippen molar-refractivity contribution in [1.82, 2.24) is 0 Å². The Hall–Kier alpha value is 0.951. The average Bonchev–Trinajstić information content (AvgIpc) is 2.78. The average molecular weight is 476 g/mol. The smallest absolute Gasteiger partial charge is 1.00 e. The van der Waals surface area contributed by atoms with Gasteiger partial charge in [0, 0.05) is 0 Å². The maximum atomic E-state index is 2.75. The zero-order valence-corrected chi connectivity index (χ0v) is 23.0. The van der Waals surface area contributed by atoms with Crippen LogP contribution in [0.1, 0.15) is 80.1 Å². The van der Waals surface area contributed by atoms with Gasteiger partial charge in [0.25, 0.3) is 0 Å². The Labute approximate surface area is 200 Å². The molecule has 0 aromatic carbocycles. The number of hydrogen-bond donors (Lipinski definition) is 0. The molecule has 159 valence electrons. The quantitative estimate of drug-likeness (QED) is 0.500. The standard InChI is InChI=1S/C23H39NSi.2ClH.Ti/c1-7-25(8-2)24(22-17(5)15(3)16(4)18(22)6)23-12-19-9-20(13-23)11-21(10-19)14-23;;;/h17,19-21,25H,7-14H2,1-6H3;2*1H;/q;;;+1/p-2. The van der Waals surface area contributed by atoms with Gasteiger partial charge in [0.05, 0.1) is 0 Å². The van der Waals surface area contributed by atoms with E-state index in [2.05, 4.69) is 62.2 Å². The van der Waals surface area contributed by atoms with Crippen molar-refractivity contribution >= 4 is 8.96 Å². The number of quaternary nitrogens is 1. The Morgan fingerprint density at radius 3 is 1.64 bits per heavy atom. The van der Waals surface area contributed by atoms with Gasteiger partial charge in [0.15, 0.2) is 0 Å². The van der Waals surface area contributed by atoms with Crippen LogP contribution >= 0.6 is 0 Å². The third kappa shape index (κ3) is 3.41. The molecule has 1 nitrogen and oxygen atoms in total. The summed E-state index contributed by atoms with van der Waals surface area (Å²) in [6.45, 7) is 14.8. The van der Waals surface area contributed by atoms with E-state index in [1.165, 1.54) is 14.7 Å². The number of allylic oxidation sites excluding steroid dienone is 3. The van der Waals surface area contributed by atoms with Crippen molar-refractivity contribution in [1.29, 1.82) is 0 Å². The molecule has 4 fully saturated rings. The molecular formula is C23H39Cl2NSiTi-. The second kappa shape index (κ2) is 8.83. The molecule has 0 spiro atoms. The van der Waals surface area contributed by atoms with Crippen LogP contribution in [-0.4, -0.2) is 17.1 Å². The summed E-state index contributed by atoms with van der Waals surface area (Å²) in [6, 6.07) is 2.91. The summed E-state index contributed by atoms with van der Waals surface area (Å²) in [6.07, 6.45) is 9.32. The first-order valence-corrected chi connectivity index (χ1v) is 14.1. The molecule has 0 aromatic heterocycles. The molecule has 2 unspecified atom stereocenters. The summed E-state index contributed by atoms with van der Waals surface area (Å²) in [5, 5.41) is 0. The van der Waals surface area contributed by atoms with Gasteiger partial charge < -0.3 is 24.8 Å². The minimum Gasteiger partial charge on any atom is -1.00 e. The van der Waals surface area contributed by atoms with Crippen LogP contribution in [0.25, 0.3) is 0 Å². The second-order valence-corrected chi connectivity index (χ2v) is 16.0. The molecule has 0 saturated heterocycles. The van der Waals surface area contributed by atoms with E-state index in [1.807, 2.05) is 5.70 Å². The van der Waals surface area contributed by atoms with Gasteiger partial charge in [-0.3, -0.25) is 0 Å². The predicted octanol–water partition coefficient (Wildman–Crippen LogP) is 0.266. The normalized spacial score (nSPS) is 38.5. The molecule has 5 aliphatic carbocycles. The van der Waals surface area contributed by atoms with Crippen LogP contribution in [0, 0.1) is 23.7 Å². The van der Waals surface area contributed by atoms with Crippen molar-refractivity contribution < 1.29 is 48.1 Å². The van der Waals surface area contributed by atoms with Crippen molar-refractivity contribution in [3.63, 3.8) is 0 Å². The van der Waals surface area contributed by atoms with Crippen LogP contribution in [0.4, 0.5) is 0 Å². The molecule has 5 rings (SSSR count). The van der Waals surface area contributed by atoms with Crippen molar-refractivity contribution in [3.8, 4) is 0 Å². The fraction of sp³-hybridized carbons (Fsp3) is 0.826. The van der Waals surface area contributed by atoms with Crippen molar-refractivity contribution in [2.45, 2.75) is 97.7 Å². The largest absolute Gasteiger partial charge is 1.00 e. The van der Waals surface area contributed by atoms with E-state index in [0.717, 1.165) is 17.8 Å². The van der Waals surface area contributed by atoms with E-state index < -0.39 is 8.96 Å². The Kier molecular flexibility index (Phi) is 7.95. The number of rotatable bonds is 5. The summed E-state index contributed by atoms with van der Waals surface area (Å²) >= 11 is 2.75. The van der Waals surface area contributed by atoms with Gasteiger partial charge in [-0.2, -0.15) is 0 Å². The van der Waals surface area contributed by atoms with Gasteiger partial charge in [0.1, 0.15) is 0 Å². The zero-order valence-electron chi connectivity index (χ0n) is 18.7. The summed E-state index contributed by atoms with van der Waals surface area (Å²) in [7, 11) is -0.912. The maximum absolute atomic E-state index is 2.75. The number of nitrogens with zero attached hydrogens (tertiary/aromatic N) is 1. The van der Waals surface area contributed by atoms with Crippen LogP contribution in [0.15, 0.2) is 22.4 Å². The summed E-state index contributed by atoms with van der Waals surface area (Å²) < 4.78 is 1.42. The van der Waals surface area contributed by atoms with E-state index >= 15 is 0 Å². The van der Waals surface area contributed by atoms with Crippen LogP contribution in [0.2, 0.25) is 12.1 Å². The molecule has 28 heavy (non-hydrogen) atoms. The van der Waals surface area contributed by atoms with Gasteiger partial charge in [-0.15, -0.1) is 0 Å². The summed E-state index contributed by atoms with van der Waals surface area (Å²) in [5.74, 6) is 3.82. The summed E-state index contributed by atoms with van der Waals surface area (Å²) in [4.78, 5) is 0. The topological polar surface area (TPSA) is 0 Å². The van der Waals surface area contributed by atoms with Crippen molar-refractivity contribution in [3.05, 3.63) is 22.4 Å². The Bertz CT molecular complexity index is 634. The zero-order chi connectivity index (χ0) is 18.9. The minimum atomic E-state index is -0.912. The van der Waals surface area contributed by atoms with E-state index in [0.29, 0.717) is 11.5 Å². The Morgan fingerprint density at radius 1 is 0.893 bits per heavy atom. The molecule has 0 radical (unpaired) electrons. The third-order valence-corrected chi connectivity index (χ3v) is 15.9. The van der Waals surface area contributed by atoms with Gasteiger partial charge in [-0.1, -0.05) is 0 Å². The molecule has 0 aromatic rings. The molecule has 5 aliphatic rings. The van der Waals surface area contributed by atoms with Gasteiger partial charge >= 0.3 is 176 Å². The van der Waals surface area contributed by atoms with Crippen LogP contribution in [0.5, 0.6) is 0 Å². The summed E-state index contributed by atoms with van der Waals surface area (Å²) in [5.41, 5.74) is 7.40. The number of halogens is 2. The van der Waals surface area contributed by atoms with Gasteiger partial charge in [-0.05, 0) is 0 Å². The van der Waals surface area contributed by atoms with Gasteiger partial charge in [0.2, 0.25) is 0 Å². The van der Waals surface area contributed by atoms with E-state index in [1.54, 1.807) is 55.2 Å². The second-order valence-electron chi connectivity index (χ2n) is 10.4. The molecule has 4 saturated carbocycles. The van der Waals surface area contributed by atoms with Crippen LogP contribution < -0.4 is 24.8 Å². The Balaban J connectivity index is 0.00000140. The number of hydrogen-bond acceptors (Lipinski definition) is 0. The van der Waals surface area contributed by atoms with E-state index in [9.17, 15) is 0 Å². The van der Waals surface area contributed by atoms with Crippen LogP contribution in [0.3, 0.4) is 0 Å². The fourth-order valence-corrected chi connectivity index (χ4v) is 14.4. The molecule has 5 heteroatoms. The molecule has 0 heterocycles. The fourth-order valence-electron chi connectivity index (χ4n) is 8.09. The molecular weight excluding hydrogens is 437 g/mol. The van der Waals surface area contributed by atoms with E-state index in [4.69, 9.17) is 0 Å². The predicted molar refractivity (Wildman–Crippen MR) is 110 cm³/mol. The Morgan fingerprint density at radius 2 is 1.32 bits per heavy atom. The van der Waals surface area contributed by atoms with Crippen LogP contribution in [-0.2, 0) is 20.7 Å².